The number of fused-ring (bicyclic) bond motifs is 3. The summed E-state index contributed by atoms with van der Waals surface area (Å²) in [5.74, 6) is 1.13. The van der Waals surface area contributed by atoms with Crippen LogP contribution >= 0.6 is 0 Å². The molecule has 0 aromatic heterocycles. The summed E-state index contributed by atoms with van der Waals surface area (Å²) >= 11 is 0. The highest BCUT2D eigenvalue weighted by Crippen LogP contribution is 2.24. The van der Waals surface area contributed by atoms with E-state index in [1.807, 2.05) is 31.2 Å². The summed E-state index contributed by atoms with van der Waals surface area (Å²) in [5.41, 5.74) is 1.71. The molecule has 2 fully saturated rings. The first kappa shape index (κ1) is 18.5. The van der Waals surface area contributed by atoms with E-state index in [1.54, 1.807) is 41.1 Å². The maximum atomic E-state index is 13.0. The minimum atomic E-state index is -0.301. The molecule has 6 heteroatoms. The summed E-state index contributed by atoms with van der Waals surface area (Å²) in [6.07, 6.45) is 0. The number of nitrogens with zero attached hydrogens (tertiary/aromatic N) is 2. The van der Waals surface area contributed by atoms with Gasteiger partial charge in [-0.1, -0.05) is 12.1 Å². The number of benzene rings is 2. The lowest BCUT2D eigenvalue weighted by Crippen LogP contribution is -2.45. The van der Waals surface area contributed by atoms with Gasteiger partial charge in [0.1, 0.15) is 11.5 Å². The maximum Gasteiger partial charge on any atom is 0.253 e. The van der Waals surface area contributed by atoms with E-state index >= 15 is 0 Å². The van der Waals surface area contributed by atoms with Crippen LogP contribution in [0, 0.1) is 12.8 Å². The monoisotopic (exact) mass is 380 g/mol. The molecule has 2 bridgehead atoms. The number of rotatable bonds is 3. The van der Waals surface area contributed by atoms with Gasteiger partial charge in [0.2, 0.25) is 5.91 Å². The van der Waals surface area contributed by atoms with Crippen molar-refractivity contribution in [3.63, 3.8) is 0 Å². The van der Waals surface area contributed by atoms with Gasteiger partial charge in [0.05, 0.1) is 25.2 Å². The third-order valence-corrected chi connectivity index (χ3v) is 5.36. The molecular formula is C22H24N2O4. The number of carbonyl (C=O) groups excluding carboxylic acids is 2. The Labute approximate surface area is 164 Å². The molecule has 0 unspecified atom stereocenters. The van der Waals surface area contributed by atoms with Crippen molar-refractivity contribution in [3.8, 4) is 11.5 Å². The van der Waals surface area contributed by atoms with E-state index in [0.29, 0.717) is 37.6 Å². The van der Waals surface area contributed by atoms with Crippen LogP contribution in [0.3, 0.4) is 0 Å². The molecule has 2 atom stereocenters. The third kappa shape index (κ3) is 3.73. The molecule has 0 saturated carbocycles. The summed E-state index contributed by atoms with van der Waals surface area (Å²) < 4.78 is 11.5. The molecule has 6 nitrogen and oxygen atoms in total. The van der Waals surface area contributed by atoms with Crippen molar-refractivity contribution < 1.29 is 19.1 Å². The fourth-order valence-corrected chi connectivity index (χ4v) is 3.73. The van der Waals surface area contributed by atoms with Gasteiger partial charge in [-0.2, -0.15) is 0 Å². The Morgan fingerprint density at radius 1 is 1.07 bits per heavy atom. The summed E-state index contributed by atoms with van der Waals surface area (Å²) in [6.45, 7) is 3.72. The van der Waals surface area contributed by atoms with Gasteiger partial charge in [0.15, 0.2) is 0 Å². The molecule has 0 radical (unpaired) electrons. The first-order valence-corrected chi connectivity index (χ1v) is 9.49. The van der Waals surface area contributed by atoms with Crippen LogP contribution in [0.4, 0.5) is 0 Å². The van der Waals surface area contributed by atoms with Gasteiger partial charge < -0.3 is 19.3 Å². The van der Waals surface area contributed by atoms with Gasteiger partial charge >= 0.3 is 0 Å². The van der Waals surface area contributed by atoms with Crippen molar-refractivity contribution in [2.45, 2.75) is 13.0 Å². The van der Waals surface area contributed by atoms with Crippen LogP contribution in [0.2, 0.25) is 0 Å². The molecule has 2 aliphatic rings. The third-order valence-electron chi connectivity index (χ3n) is 5.36. The standard InChI is InChI=1S/C22H24N2O4/c1-15-4-3-5-20(10-15)28-19-8-6-16(7-9-19)22(26)24-11-17-13-27-14-18(12-24)23(2)21(17)25/h3-10,17-18H,11-14H2,1-2H3/t17-,18+/m1/s1. The minimum absolute atomic E-state index is 0.0553. The molecule has 2 heterocycles. The predicted molar refractivity (Wildman–Crippen MR) is 104 cm³/mol. The Balaban J connectivity index is 1.48. The SMILES string of the molecule is Cc1cccc(Oc2ccc(C(=O)N3C[C@@H]4COC[C@H](C3)N(C)C4=O)cc2)c1. The molecule has 2 saturated heterocycles. The van der Waals surface area contributed by atoms with Gasteiger partial charge in [-0.25, -0.2) is 0 Å². The molecule has 0 N–H and O–H groups in total. The Morgan fingerprint density at radius 3 is 2.61 bits per heavy atom. The summed E-state index contributed by atoms with van der Waals surface area (Å²) in [4.78, 5) is 29.0. The summed E-state index contributed by atoms with van der Waals surface area (Å²) in [7, 11) is 1.79. The van der Waals surface area contributed by atoms with E-state index in [9.17, 15) is 9.59 Å². The molecule has 0 aliphatic carbocycles. The van der Waals surface area contributed by atoms with Crippen LogP contribution in [0.15, 0.2) is 48.5 Å². The van der Waals surface area contributed by atoms with Crippen molar-refractivity contribution in [2.24, 2.45) is 5.92 Å². The number of amides is 2. The Hall–Kier alpha value is -2.86. The zero-order chi connectivity index (χ0) is 19.7. The second-order valence-corrected chi connectivity index (χ2v) is 7.49. The van der Waals surface area contributed by atoms with Gasteiger partial charge in [-0.15, -0.1) is 0 Å². The van der Waals surface area contributed by atoms with E-state index in [1.165, 1.54) is 0 Å². The smallest absolute Gasteiger partial charge is 0.253 e. The molecule has 2 aromatic carbocycles. The van der Waals surface area contributed by atoms with Crippen LogP contribution in [0.5, 0.6) is 11.5 Å². The fourth-order valence-electron chi connectivity index (χ4n) is 3.73. The molecule has 4 rings (SSSR count). The summed E-state index contributed by atoms with van der Waals surface area (Å²) in [6, 6.07) is 14.9. The number of carbonyl (C=O) groups is 2. The average molecular weight is 380 g/mol. The second kappa shape index (κ2) is 7.64. The topological polar surface area (TPSA) is 59.1 Å². The van der Waals surface area contributed by atoms with Gasteiger partial charge in [-0.05, 0) is 48.9 Å². The zero-order valence-electron chi connectivity index (χ0n) is 16.1. The highest BCUT2D eigenvalue weighted by atomic mass is 16.5. The Morgan fingerprint density at radius 2 is 1.86 bits per heavy atom. The van der Waals surface area contributed by atoms with Crippen LogP contribution < -0.4 is 4.74 Å². The van der Waals surface area contributed by atoms with Gasteiger partial charge in [-0.3, -0.25) is 9.59 Å². The van der Waals surface area contributed by atoms with Crippen LogP contribution in [0.25, 0.3) is 0 Å². The number of hydrogen-bond donors (Lipinski definition) is 0. The van der Waals surface area contributed by atoms with Crippen LogP contribution in [-0.4, -0.2) is 61.0 Å². The first-order chi connectivity index (χ1) is 13.5. The zero-order valence-corrected chi connectivity index (χ0v) is 16.1. The van der Waals surface area contributed by atoms with Crippen molar-refractivity contribution in [1.29, 1.82) is 0 Å². The molecule has 2 amide bonds. The highest BCUT2D eigenvalue weighted by molar-refractivity contribution is 5.95. The maximum absolute atomic E-state index is 13.0. The molecule has 146 valence electrons. The first-order valence-electron chi connectivity index (χ1n) is 9.49. The molecule has 0 spiro atoms. The normalized spacial score (nSPS) is 22.0. The predicted octanol–water partition coefficient (Wildman–Crippen LogP) is 2.72. The molecule has 2 aliphatic heterocycles. The number of likely N-dealkylation sites (N-methyl/N-ethyl adjacent to an activating group) is 1. The highest BCUT2D eigenvalue weighted by Gasteiger charge is 2.38. The van der Waals surface area contributed by atoms with Crippen LogP contribution in [-0.2, 0) is 9.53 Å². The number of hydrogen-bond acceptors (Lipinski definition) is 4. The Bertz CT molecular complexity index is 880. The van der Waals surface area contributed by atoms with Crippen LogP contribution in [0.1, 0.15) is 15.9 Å². The lowest BCUT2D eigenvalue weighted by molar-refractivity contribution is -0.133. The van der Waals surface area contributed by atoms with E-state index in [0.717, 1.165) is 11.3 Å². The summed E-state index contributed by atoms with van der Waals surface area (Å²) in [5, 5.41) is 0. The molecule has 2 aromatic rings. The van der Waals surface area contributed by atoms with Crippen molar-refractivity contribution in [1.82, 2.24) is 9.80 Å². The quantitative estimate of drug-likeness (QED) is 0.822. The second-order valence-electron chi connectivity index (χ2n) is 7.49. The van der Waals surface area contributed by atoms with Gasteiger partial charge in [0.25, 0.3) is 5.91 Å². The number of aryl methyl sites for hydroxylation is 1. The van der Waals surface area contributed by atoms with Crippen molar-refractivity contribution in [2.75, 3.05) is 33.4 Å². The number of ether oxygens (including phenoxy) is 2. The Kier molecular flexibility index (Phi) is 5.05. The van der Waals surface area contributed by atoms with E-state index < -0.39 is 0 Å². The lowest BCUT2D eigenvalue weighted by atomic mass is 10.1. The van der Waals surface area contributed by atoms with Crippen molar-refractivity contribution >= 4 is 11.8 Å². The average Bonchev–Trinajstić information content (AvgIpc) is 2.87. The van der Waals surface area contributed by atoms with E-state index in [-0.39, 0.29) is 23.8 Å². The van der Waals surface area contributed by atoms with E-state index in [2.05, 4.69) is 0 Å². The minimum Gasteiger partial charge on any atom is -0.457 e. The largest absolute Gasteiger partial charge is 0.457 e. The molecule has 28 heavy (non-hydrogen) atoms. The van der Waals surface area contributed by atoms with Crippen molar-refractivity contribution in [3.05, 3.63) is 59.7 Å². The van der Waals surface area contributed by atoms with E-state index in [4.69, 9.17) is 9.47 Å². The molecular weight excluding hydrogens is 356 g/mol. The fraction of sp³-hybridized carbons (Fsp3) is 0.364. The lowest BCUT2D eigenvalue weighted by Gasteiger charge is -2.29. The van der Waals surface area contributed by atoms with Gasteiger partial charge in [0, 0.05) is 25.7 Å².